The molecule has 0 fully saturated rings. The molecule has 0 saturated carbocycles. The monoisotopic (exact) mass is 397 g/mol. The minimum Gasteiger partial charge on any atom is -0.743 e. The minimum atomic E-state index is -6.85. The fourth-order valence-electron chi connectivity index (χ4n) is 1.69. The van der Waals surface area contributed by atoms with Crippen molar-refractivity contribution in [2.24, 2.45) is 0 Å². The van der Waals surface area contributed by atoms with E-state index in [-0.39, 0.29) is 5.56 Å². The molecule has 1 rings (SSSR count). The summed E-state index contributed by atoms with van der Waals surface area (Å²) in [6.07, 6.45) is -10.8. The lowest BCUT2D eigenvalue weighted by Gasteiger charge is -2.29. The topological polar surface area (TPSA) is 101 Å². The molecule has 138 valence electrons. The summed E-state index contributed by atoms with van der Waals surface area (Å²) in [5.41, 5.74) is 0.399. The Morgan fingerprint density at radius 3 is 1.92 bits per heavy atom. The SMILES string of the molecule is Cc1ccc(S(=O)(=O)OC(C(F)(F)F)C(F)(F)S(=O)(=O)[O-])c(C)c1. The quantitative estimate of drug-likeness (QED) is 0.428. The van der Waals surface area contributed by atoms with E-state index < -0.39 is 42.7 Å². The second-order valence-corrected chi connectivity index (χ2v) is 7.75. The molecular formula is C11H10F5O6S2-. The van der Waals surface area contributed by atoms with E-state index in [1.54, 1.807) is 0 Å². The molecule has 6 nitrogen and oxygen atoms in total. The highest BCUT2D eigenvalue weighted by atomic mass is 32.2. The molecule has 13 heteroatoms. The summed E-state index contributed by atoms with van der Waals surface area (Å²) in [5.74, 6) is 0. The van der Waals surface area contributed by atoms with Gasteiger partial charge < -0.3 is 4.55 Å². The average molecular weight is 397 g/mol. The van der Waals surface area contributed by atoms with E-state index in [9.17, 15) is 43.3 Å². The first-order chi connectivity index (χ1) is 10.5. The zero-order valence-corrected chi connectivity index (χ0v) is 13.6. The van der Waals surface area contributed by atoms with Crippen LogP contribution in [-0.2, 0) is 24.4 Å². The first-order valence-corrected chi connectivity index (χ1v) is 8.72. The molecule has 24 heavy (non-hydrogen) atoms. The predicted molar refractivity (Wildman–Crippen MR) is 68.7 cm³/mol. The van der Waals surface area contributed by atoms with Gasteiger partial charge in [0.15, 0.2) is 10.1 Å². The van der Waals surface area contributed by atoms with Crippen LogP contribution in [0.1, 0.15) is 11.1 Å². The number of benzene rings is 1. The Kier molecular flexibility index (Phi) is 5.36. The van der Waals surface area contributed by atoms with Gasteiger partial charge in [-0.2, -0.15) is 30.4 Å². The van der Waals surface area contributed by atoms with Crippen molar-refractivity contribution in [1.82, 2.24) is 0 Å². The van der Waals surface area contributed by atoms with Crippen LogP contribution >= 0.6 is 0 Å². The summed E-state index contributed by atoms with van der Waals surface area (Å²) in [4.78, 5) is -0.874. The van der Waals surface area contributed by atoms with Gasteiger partial charge >= 0.3 is 11.4 Å². The van der Waals surface area contributed by atoms with Crippen LogP contribution < -0.4 is 0 Å². The summed E-state index contributed by atoms with van der Waals surface area (Å²) >= 11 is 0. The summed E-state index contributed by atoms with van der Waals surface area (Å²) in [6, 6.07) is 3.19. The number of rotatable bonds is 5. The van der Waals surface area contributed by atoms with Crippen molar-refractivity contribution in [2.45, 2.75) is 36.3 Å². The minimum absolute atomic E-state index is 0.121. The molecule has 0 aliphatic rings. The standard InChI is InChI=1S/C11H11F5O6S2/c1-6-3-4-8(7(2)5-6)23(17,18)22-9(10(12,13)14)11(15,16)24(19,20)21/h3-5,9H,1-2H3,(H,19,20,21)/p-1. The zero-order valence-electron chi connectivity index (χ0n) is 12.0. The Bertz CT molecular complexity index is 829. The van der Waals surface area contributed by atoms with Crippen molar-refractivity contribution in [3.05, 3.63) is 29.3 Å². The molecule has 0 heterocycles. The van der Waals surface area contributed by atoms with Gasteiger partial charge in [-0.1, -0.05) is 17.7 Å². The largest absolute Gasteiger partial charge is 0.743 e. The molecule has 1 atom stereocenters. The van der Waals surface area contributed by atoms with E-state index in [1.165, 1.54) is 13.0 Å². The number of hydrogen-bond donors (Lipinski definition) is 0. The molecule has 0 N–H and O–H groups in total. The smallest absolute Gasteiger partial charge is 0.423 e. The lowest BCUT2D eigenvalue weighted by Crippen LogP contribution is -2.52. The molecule has 0 amide bonds. The van der Waals surface area contributed by atoms with Gasteiger partial charge in [-0.3, -0.25) is 0 Å². The van der Waals surface area contributed by atoms with E-state index in [0.717, 1.165) is 19.1 Å². The Morgan fingerprint density at radius 1 is 1.04 bits per heavy atom. The molecule has 0 spiro atoms. The molecule has 1 unspecified atom stereocenters. The first-order valence-electron chi connectivity index (χ1n) is 5.90. The Balaban J connectivity index is 3.44. The second kappa shape index (κ2) is 6.20. The zero-order chi connectivity index (χ0) is 19.1. The fourth-order valence-corrected chi connectivity index (χ4v) is 3.47. The van der Waals surface area contributed by atoms with Gasteiger partial charge in [-0.15, -0.1) is 0 Å². The highest BCUT2D eigenvalue weighted by Gasteiger charge is 2.63. The Hall–Kier alpha value is -1.31. The molecule has 0 aliphatic heterocycles. The summed E-state index contributed by atoms with van der Waals surface area (Å²) in [6.45, 7) is 2.69. The van der Waals surface area contributed by atoms with Gasteiger partial charge in [0.2, 0.25) is 6.10 Å². The molecule has 0 bridgehead atoms. The van der Waals surface area contributed by atoms with Crippen molar-refractivity contribution in [3.63, 3.8) is 0 Å². The van der Waals surface area contributed by atoms with Crippen LogP contribution in [0.3, 0.4) is 0 Å². The molecule has 1 aromatic rings. The van der Waals surface area contributed by atoms with Gasteiger partial charge in [0.25, 0.3) is 10.1 Å². The van der Waals surface area contributed by atoms with E-state index in [1.807, 2.05) is 0 Å². The third kappa shape index (κ3) is 4.20. The van der Waals surface area contributed by atoms with Crippen molar-refractivity contribution in [3.8, 4) is 0 Å². The third-order valence-corrected chi connectivity index (χ3v) is 5.08. The highest BCUT2D eigenvalue weighted by Crippen LogP contribution is 2.39. The second-order valence-electron chi connectivity index (χ2n) is 4.76. The van der Waals surface area contributed by atoms with Crippen LogP contribution in [0.2, 0.25) is 0 Å². The third-order valence-electron chi connectivity index (χ3n) is 2.76. The van der Waals surface area contributed by atoms with Crippen LogP contribution in [0, 0.1) is 13.8 Å². The van der Waals surface area contributed by atoms with Crippen LogP contribution in [0.4, 0.5) is 22.0 Å². The van der Waals surface area contributed by atoms with Gasteiger partial charge in [0, 0.05) is 0 Å². The van der Waals surface area contributed by atoms with E-state index in [0.29, 0.717) is 5.56 Å². The normalized spacial score (nSPS) is 15.3. The van der Waals surface area contributed by atoms with E-state index in [4.69, 9.17) is 0 Å². The van der Waals surface area contributed by atoms with Crippen LogP contribution in [0.25, 0.3) is 0 Å². The maximum absolute atomic E-state index is 13.3. The Labute approximate surface area is 134 Å². The van der Waals surface area contributed by atoms with E-state index >= 15 is 0 Å². The lowest BCUT2D eigenvalue weighted by atomic mass is 10.2. The first kappa shape index (κ1) is 20.7. The summed E-state index contributed by atoms with van der Waals surface area (Å²) in [7, 11) is -12.3. The van der Waals surface area contributed by atoms with Crippen LogP contribution in [0.5, 0.6) is 0 Å². The fraction of sp³-hybridized carbons (Fsp3) is 0.455. The molecular weight excluding hydrogens is 387 g/mol. The summed E-state index contributed by atoms with van der Waals surface area (Å²) < 4.78 is 123. The molecule has 1 aromatic carbocycles. The maximum Gasteiger partial charge on any atom is 0.423 e. The van der Waals surface area contributed by atoms with Crippen LogP contribution in [-0.4, -0.2) is 38.9 Å². The van der Waals surface area contributed by atoms with Crippen molar-refractivity contribution in [1.29, 1.82) is 0 Å². The number of halogens is 5. The predicted octanol–water partition coefficient (Wildman–Crippen LogP) is 2.08. The lowest BCUT2D eigenvalue weighted by molar-refractivity contribution is -0.238. The van der Waals surface area contributed by atoms with E-state index in [2.05, 4.69) is 4.18 Å². The van der Waals surface area contributed by atoms with Crippen molar-refractivity contribution >= 4 is 20.2 Å². The molecule has 0 aliphatic carbocycles. The average Bonchev–Trinajstić information content (AvgIpc) is 2.32. The maximum atomic E-state index is 13.3. The molecule has 0 aromatic heterocycles. The number of aryl methyl sites for hydroxylation is 2. The van der Waals surface area contributed by atoms with Gasteiger partial charge in [0.1, 0.15) is 0 Å². The van der Waals surface area contributed by atoms with Crippen molar-refractivity contribution < 1.29 is 47.5 Å². The molecule has 0 radical (unpaired) electrons. The Morgan fingerprint density at radius 2 is 1.54 bits per heavy atom. The number of alkyl halides is 5. The van der Waals surface area contributed by atoms with Gasteiger partial charge in [-0.05, 0) is 25.5 Å². The van der Waals surface area contributed by atoms with Crippen molar-refractivity contribution in [2.75, 3.05) is 0 Å². The highest BCUT2D eigenvalue weighted by molar-refractivity contribution is 7.87. The van der Waals surface area contributed by atoms with Gasteiger partial charge in [-0.25, -0.2) is 12.6 Å². The summed E-state index contributed by atoms with van der Waals surface area (Å²) in [5, 5.41) is -6.04. The van der Waals surface area contributed by atoms with Gasteiger partial charge in [0.05, 0.1) is 4.90 Å². The van der Waals surface area contributed by atoms with Crippen LogP contribution in [0.15, 0.2) is 23.1 Å². The number of hydrogen-bond acceptors (Lipinski definition) is 6. The molecule has 0 saturated heterocycles.